The second-order valence-corrected chi connectivity index (χ2v) is 8.53. The van der Waals surface area contributed by atoms with E-state index in [1.54, 1.807) is 6.92 Å². The van der Waals surface area contributed by atoms with Crippen LogP contribution in [0.4, 0.5) is 11.5 Å². The van der Waals surface area contributed by atoms with Gasteiger partial charge in [-0.1, -0.05) is 48.5 Å². The number of aromatic nitrogens is 2. The number of ether oxygens (including phenoxy) is 1. The zero-order chi connectivity index (χ0) is 23.1. The van der Waals surface area contributed by atoms with Gasteiger partial charge in [0.25, 0.3) is 5.56 Å². The number of rotatable bonds is 9. The minimum atomic E-state index is -0.710. The number of hydrogen-bond acceptors (Lipinski definition) is 6. The normalized spacial score (nSPS) is 11.8. The molecule has 32 heavy (non-hydrogen) atoms. The van der Waals surface area contributed by atoms with Crippen molar-refractivity contribution < 1.29 is 9.53 Å². The maximum Gasteiger partial charge on any atom is 0.330 e. The zero-order valence-corrected chi connectivity index (χ0v) is 18.8. The number of anilines is 2. The molecule has 8 nitrogen and oxygen atoms in total. The van der Waals surface area contributed by atoms with E-state index in [1.165, 1.54) is 28.3 Å². The van der Waals surface area contributed by atoms with Crippen molar-refractivity contribution in [3.05, 3.63) is 87.1 Å². The predicted octanol–water partition coefficient (Wildman–Crippen LogP) is 2.33. The van der Waals surface area contributed by atoms with Crippen molar-refractivity contribution in [1.29, 1.82) is 0 Å². The SMILES string of the molecule is COCCN(C(=O)C(C)Sc1ccccc1)c1c(N)n(Cc2ccccc2)c(=O)[nH]c1=O. The third kappa shape index (κ3) is 5.49. The first-order valence-corrected chi connectivity index (χ1v) is 11.0. The Morgan fingerprint density at radius 2 is 1.75 bits per heavy atom. The summed E-state index contributed by atoms with van der Waals surface area (Å²) < 4.78 is 6.41. The van der Waals surface area contributed by atoms with Crippen molar-refractivity contribution in [2.75, 3.05) is 30.9 Å². The highest BCUT2D eigenvalue weighted by atomic mass is 32.2. The summed E-state index contributed by atoms with van der Waals surface area (Å²) >= 11 is 1.38. The van der Waals surface area contributed by atoms with Crippen molar-refractivity contribution in [3.8, 4) is 0 Å². The average molecular weight is 455 g/mol. The van der Waals surface area contributed by atoms with Crippen molar-refractivity contribution >= 4 is 29.2 Å². The molecule has 0 aliphatic carbocycles. The zero-order valence-electron chi connectivity index (χ0n) is 18.0. The van der Waals surface area contributed by atoms with Crippen LogP contribution in [0.2, 0.25) is 0 Å². The first-order valence-electron chi connectivity index (χ1n) is 10.1. The molecule has 0 spiro atoms. The van der Waals surface area contributed by atoms with Gasteiger partial charge in [-0.25, -0.2) is 4.79 Å². The molecule has 0 fully saturated rings. The number of nitrogens with one attached hydrogen (secondary N) is 1. The average Bonchev–Trinajstić information content (AvgIpc) is 2.79. The number of benzene rings is 2. The van der Waals surface area contributed by atoms with Crippen LogP contribution >= 0.6 is 11.8 Å². The molecule has 1 amide bonds. The maximum absolute atomic E-state index is 13.4. The van der Waals surface area contributed by atoms with Gasteiger partial charge in [-0.15, -0.1) is 11.8 Å². The van der Waals surface area contributed by atoms with E-state index in [9.17, 15) is 14.4 Å². The second-order valence-electron chi connectivity index (χ2n) is 7.12. The Hall–Kier alpha value is -3.30. The number of carbonyl (C=O) groups is 1. The van der Waals surface area contributed by atoms with E-state index < -0.39 is 16.5 Å². The molecular weight excluding hydrogens is 428 g/mol. The number of amides is 1. The molecule has 3 rings (SSSR count). The van der Waals surface area contributed by atoms with Gasteiger partial charge in [0, 0.05) is 18.6 Å². The van der Waals surface area contributed by atoms with E-state index >= 15 is 0 Å². The van der Waals surface area contributed by atoms with Gasteiger partial charge in [0.1, 0.15) is 5.82 Å². The molecule has 3 aromatic rings. The number of nitrogen functional groups attached to an aromatic ring is 1. The van der Waals surface area contributed by atoms with Crippen molar-refractivity contribution in [1.82, 2.24) is 9.55 Å². The number of H-pyrrole nitrogens is 1. The van der Waals surface area contributed by atoms with E-state index in [0.29, 0.717) is 0 Å². The molecule has 1 unspecified atom stereocenters. The van der Waals surface area contributed by atoms with E-state index in [4.69, 9.17) is 10.5 Å². The van der Waals surface area contributed by atoms with Crippen LogP contribution in [-0.2, 0) is 16.1 Å². The lowest BCUT2D eigenvalue weighted by Crippen LogP contribution is -2.45. The van der Waals surface area contributed by atoms with Crippen molar-refractivity contribution in [2.24, 2.45) is 0 Å². The summed E-state index contributed by atoms with van der Waals surface area (Å²) in [4.78, 5) is 43.2. The number of methoxy groups -OCH3 is 1. The lowest BCUT2D eigenvalue weighted by Gasteiger charge is -2.26. The molecule has 9 heteroatoms. The summed E-state index contributed by atoms with van der Waals surface area (Å²) in [5.41, 5.74) is 5.74. The molecule has 0 radical (unpaired) electrons. The molecule has 0 bridgehead atoms. The molecular formula is C23H26N4O4S. The predicted molar refractivity (Wildman–Crippen MR) is 127 cm³/mol. The van der Waals surface area contributed by atoms with Gasteiger partial charge in [-0.2, -0.15) is 0 Å². The number of nitrogens with zero attached hydrogens (tertiary/aromatic N) is 2. The fourth-order valence-electron chi connectivity index (χ4n) is 3.25. The van der Waals surface area contributed by atoms with Crippen LogP contribution in [0.1, 0.15) is 12.5 Å². The molecule has 0 aliphatic heterocycles. The van der Waals surface area contributed by atoms with Gasteiger partial charge >= 0.3 is 5.69 Å². The third-order valence-corrected chi connectivity index (χ3v) is 5.96. The Morgan fingerprint density at radius 3 is 2.38 bits per heavy atom. The van der Waals surface area contributed by atoms with Gasteiger partial charge in [0.15, 0.2) is 5.69 Å². The van der Waals surface area contributed by atoms with E-state index in [0.717, 1.165) is 10.5 Å². The Kier molecular flexibility index (Phi) is 7.91. The monoisotopic (exact) mass is 454 g/mol. The van der Waals surface area contributed by atoms with Crippen LogP contribution in [0.3, 0.4) is 0 Å². The number of nitrogens with two attached hydrogens (primary N) is 1. The molecule has 0 saturated carbocycles. The second kappa shape index (κ2) is 10.8. The standard InChI is InChI=1S/C23H26N4O4S/c1-16(32-18-11-7-4-8-12-18)22(29)26(13-14-31-2)19-20(24)27(23(30)25-21(19)28)15-17-9-5-3-6-10-17/h3-12,16H,13-15,24H2,1-2H3,(H,25,28,30). The first kappa shape index (κ1) is 23.4. The number of aromatic amines is 1. The summed E-state index contributed by atoms with van der Waals surface area (Å²) in [5.74, 6) is -0.373. The largest absolute Gasteiger partial charge is 0.383 e. The minimum absolute atomic E-state index is 0.0527. The summed E-state index contributed by atoms with van der Waals surface area (Å²) in [6, 6.07) is 18.8. The minimum Gasteiger partial charge on any atom is -0.383 e. The number of hydrogen-bond donors (Lipinski definition) is 2. The van der Waals surface area contributed by atoms with E-state index in [1.807, 2.05) is 60.7 Å². The van der Waals surface area contributed by atoms with Crippen LogP contribution in [0, 0.1) is 0 Å². The summed E-state index contributed by atoms with van der Waals surface area (Å²) in [6.07, 6.45) is 0. The molecule has 1 atom stereocenters. The quantitative estimate of drug-likeness (QED) is 0.480. The molecule has 168 valence electrons. The molecule has 0 aliphatic rings. The van der Waals surface area contributed by atoms with E-state index in [2.05, 4.69) is 4.98 Å². The lowest BCUT2D eigenvalue weighted by atomic mass is 10.2. The van der Waals surface area contributed by atoms with Crippen molar-refractivity contribution in [3.63, 3.8) is 0 Å². The summed E-state index contributed by atoms with van der Waals surface area (Å²) in [7, 11) is 1.51. The highest BCUT2D eigenvalue weighted by Gasteiger charge is 2.28. The fourth-order valence-corrected chi connectivity index (χ4v) is 4.20. The van der Waals surface area contributed by atoms with Crippen LogP contribution in [0.5, 0.6) is 0 Å². The van der Waals surface area contributed by atoms with Crippen molar-refractivity contribution in [2.45, 2.75) is 23.6 Å². The Morgan fingerprint density at radius 1 is 1.12 bits per heavy atom. The summed E-state index contributed by atoms with van der Waals surface area (Å²) in [6.45, 7) is 2.25. The number of carbonyl (C=O) groups excluding carboxylic acids is 1. The van der Waals surface area contributed by atoms with Gasteiger partial charge in [0.05, 0.1) is 18.4 Å². The van der Waals surface area contributed by atoms with Crippen LogP contribution in [0.25, 0.3) is 0 Å². The molecule has 1 heterocycles. The van der Waals surface area contributed by atoms with Crippen LogP contribution < -0.4 is 21.9 Å². The first-order chi connectivity index (χ1) is 15.4. The molecule has 3 N–H and O–H groups in total. The lowest BCUT2D eigenvalue weighted by molar-refractivity contribution is -0.118. The Balaban J connectivity index is 1.99. The third-order valence-electron chi connectivity index (χ3n) is 4.86. The topological polar surface area (TPSA) is 110 Å². The van der Waals surface area contributed by atoms with Gasteiger partial charge in [-0.3, -0.25) is 19.1 Å². The smallest absolute Gasteiger partial charge is 0.330 e. The number of thioether (sulfide) groups is 1. The van der Waals surface area contributed by atoms with Crippen LogP contribution in [0.15, 0.2) is 75.1 Å². The van der Waals surface area contributed by atoms with Gasteiger partial charge in [-0.05, 0) is 24.6 Å². The van der Waals surface area contributed by atoms with Crippen LogP contribution in [-0.4, -0.2) is 41.0 Å². The Labute approximate surface area is 190 Å². The highest BCUT2D eigenvalue weighted by molar-refractivity contribution is 8.00. The van der Waals surface area contributed by atoms with E-state index in [-0.39, 0.29) is 37.1 Å². The maximum atomic E-state index is 13.4. The fraction of sp³-hybridized carbons (Fsp3) is 0.261. The molecule has 0 saturated heterocycles. The summed E-state index contributed by atoms with van der Waals surface area (Å²) in [5, 5.41) is -0.498. The van der Waals surface area contributed by atoms with Gasteiger partial charge in [0.2, 0.25) is 5.91 Å². The Bertz CT molecular complexity index is 1160. The molecule has 2 aromatic carbocycles. The highest BCUT2D eigenvalue weighted by Crippen LogP contribution is 2.26. The van der Waals surface area contributed by atoms with Gasteiger partial charge < -0.3 is 15.4 Å². The molecule has 1 aromatic heterocycles.